The van der Waals surface area contributed by atoms with E-state index >= 15 is 0 Å². The standard InChI is InChI=1S/2CH2O3.H3N.Pt/c2*2-1(3)4;;/h2*(H2,2,3,4);1H3;/q;;;+2/p-2. The molecule has 0 radical (unpaired) electrons. The average molecular weight is 334 g/mol. The van der Waals surface area contributed by atoms with Crippen LogP contribution in [0.1, 0.15) is 0 Å². The summed E-state index contributed by atoms with van der Waals surface area (Å²) >= 11 is 0. The van der Waals surface area contributed by atoms with Gasteiger partial charge in [0, 0.05) is 0 Å². The maximum Gasteiger partial charge on any atom is 2.00 e. The third-order valence-corrected chi connectivity index (χ3v) is 0. The predicted molar refractivity (Wildman–Crippen MR) is 21.1 cm³/mol. The van der Waals surface area contributed by atoms with Crippen LogP contribution in [-0.2, 0) is 21.1 Å². The Morgan fingerprint density at radius 3 is 1.00 bits per heavy atom. The second-order valence-corrected chi connectivity index (χ2v) is 0.532. The minimum Gasteiger partial charge on any atom is -0.565 e. The van der Waals surface area contributed by atoms with Gasteiger partial charge in [0.1, 0.15) is 0 Å². The van der Waals surface area contributed by atoms with Crippen molar-refractivity contribution in [3.63, 3.8) is 0 Å². The topological polar surface area (TPSA) is 156 Å². The van der Waals surface area contributed by atoms with Crippen molar-refractivity contribution in [2.75, 3.05) is 0 Å². The Bertz CT molecular complexity index is 73.7. The Morgan fingerprint density at radius 1 is 1.00 bits per heavy atom. The van der Waals surface area contributed by atoms with Gasteiger partial charge in [-0.05, 0) is 0 Å². The van der Waals surface area contributed by atoms with Crippen LogP contribution in [0.5, 0.6) is 0 Å². The van der Waals surface area contributed by atoms with Crippen molar-refractivity contribution < 1.29 is 51.1 Å². The van der Waals surface area contributed by atoms with Crippen LogP contribution in [0.4, 0.5) is 9.59 Å². The van der Waals surface area contributed by atoms with Gasteiger partial charge in [0.15, 0.2) is 0 Å². The molecule has 0 fully saturated rings. The Morgan fingerprint density at radius 2 is 1.00 bits per heavy atom. The van der Waals surface area contributed by atoms with Crippen molar-refractivity contribution in [1.82, 2.24) is 6.15 Å². The molecular formula is C2H5NO6Pt. The Hall–Kier alpha value is -0.812. The molecule has 0 aromatic rings. The van der Waals surface area contributed by atoms with E-state index in [1.165, 1.54) is 0 Å². The van der Waals surface area contributed by atoms with E-state index in [-0.39, 0.29) is 27.2 Å². The number of hydrogen-bond donors (Lipinski definition) is 3. The fourth-order valence-corrected chi connectivity index (χ4v) is 0. The molecule has 0 aliphatic heterocycles. The van der Waals surface area contributed by atoms with Crippen LogP contribution in [-0.4, -0.2) is 22.5 Å². The third-order valence-electron chi connectivity index (χ3n) is 0. The van der Waals surface area contributed by atoms with Crippen LogP contribution < -0.4 is 16.4 Å². The molecule has 0 amide bonds. The van der Waals surface area contributed by atoms with Crippen molar-refractivity contribution in [1.29, 1.82) is 0 Å². The molecule has 5 N–H and O–H groups in total. The second kappa shape index (κ2) is 15.7. The zero-order valence-corrected chi connectivity index (χ0v) is 6.82. The van der Waals surface area contributed by atoms with Gasteiger partial charge in [-0.2, -0.15) is 0 Å². The van der Waals surface area contributed by atoms with Crippen LogP contribution in [0.25, 0.3) is 0 Å². The van der Waals surface area contributed by atoms with Gasteiger partial charge in [0.2, 0.25) is 12.3 Å². The van der Waals surface area contributed by atoms with E-state index in [1.807, 2.05) is 0 Å². The average Bonchev–Trinajstić information content (AvgIpc) is 1.25. The third kappa shape index (κ3) is 418. The molecule has 0 aliphatic carbocycles. The first kappa shape index (κ1) is 22.9. The van der Waals surface area contributed by atoms with E-state index in [1.54, 1.807) is 0 Å². The van der Waals surface area contributed by atoms with Gasteiger partial charge in [-0.3, -0.25) is 0 Å². The summed E-state index contributed by atoms with van der Waals surface area (Å²) in [6.07, 6.45) is -4.17. The zero-order valence-electron chi connectivity index (χ0n) is 4.55. The smallest absolute Gasteiger partial charge is 0.565 e. The van der Waals surface area contributed by atoms with Gasteiger partial charge in [0.05, 0.1) is 0 Å². The number of carbonyl (C=O) groups is 2. The molecule has 0 unspecified atom stereocenters. The van der Waals surface area contributed by atoms with Crippen molar-refractivity contribution in [3.8, 4) is 0 Å². The first-order valence-electron chi connectivity index (χ1n) is 1.26. The molecule has 0 atom stereocenters. The Labute approximate surface area is 70.1 Å². The second-order valence-electron chi connectivity index (χ2n) is 0.532. The van der Waals surface area contributed by atoms with Crippen LogP contribution in [0.15, 0.2) is 0 Å². The molecule has 0 aromatic heterocycles. The summed E-state index contributed by atoms with van der Waals surface area (Å²) in [4.78, 5) is 16.9. The summed E-state index contributed by atoms with van der Waals surface area (Å²) < 4.78 is 0. The van der Waals surface area contributed by atoms with Crippen molar-refractivity contribution >= 4 is 12.3 Å². The van der Waals surface area contributed by atoms with Crippen molar-refractivity contribution in [2.24, 2.45) is 0 Å². The van der Waals surface area contributed by atoms with E-state index in [4.69, 9.17) is 30.0 Å². The molecular weight excluding hydrogens is 329 g/mol. The minimum atomic E-state index is -2.08. The Balaban J connectivity index is -0.0000000300. The molecule has 64 valence electrons. The van der Waals surface area contributed by atoms with E-state index < -0.39 is 12.3 Å². The molecule has 10 heavy (non-hydrogen) atoms. The fraction of sp³-hybridized carbons (Fsp3) is 0. The summed E-state index contributed by atoms with van der Waals surface area (Å²) in [7, 11) is 0. The number of hydrogen-bond acceptors (Lipinski definition) is 5. The zero-order chi connectivity index (χ0) is 7.15. The fourth-order valence-electron chi connectivity index (χ4n) is 0. The van der Waals surface area contributed by atoms with Gasteiger partial charge in [0.25, 0.3) is 0 Å². The molecule has 0 rings (SSSR count). The number of rotatable bonds is 0. The molecule has 0 spiro atoms. The maximum atomic E-state index is 8.44. The summed E-state index contributed by atoms with van der Waals surface area (Å²) in [5.74, 6) is 0. The summed E-state index contributed by atoms with van der Waals surface area (Å²) in [6, 6.07) is 0. The van der Waals surface area contributed by atoms with Gasteiger partial charge in [-0.15, -0.1) is 0 Å². The van der Waals surface area contributed by atoms with E-state index in [0.717, 1.165) is 0 Å². The molecule has 0 heterocycles. The monoisotopic (exact) mass is 334 g/mol. The molecule has 0 saturated carbocycles. The molecule has 0 aromatic carbocycles. The number of carboxylic acid groups (broad SMARTS) is 4. The summed E-state index contributed by atoms with van der Waals surface area (Å²) in [5.41, 5.74) is 0. The predicted octanol–water partition coefficient (Wildman–Crippen LogP) is -2.07. The van der Waals surface area contributed by atoms with Gasteiger partial charge < -0.3 is 36.2 Å². The van der Waals surface area contributed by atoms with E-state index in [9.17, 15) is 0 Å². The SMILES string of the molecule is N.O=C([O-])O.O=C([O-])O.[Pt+2]. The first-order valence-corrected chi connectivity index (χ1v) is 1.26. The van der Waals surface area contributed by atoms with Crippen LogP contribution >= 0.6 is 0 Å². The molecule has 0 bridgehead atoms. The Kier molecular flexibility index (Phi) is 36.0. The van der Waals surface area contributed by atoms with Gasteiger partial charge >= 0.3 is 21.1 Å². The normalized spacial score (nSPS) is 4.80. The quantitative estimate of drug-likeness (QED) is 0.459. The van der Waals surface area contributed by atoms with Crippen molar-refractivity contribution in [3.05, 3.63) is 0 Å². The largest absolute Gasteiger partial charge is 2.00 e. The minimum absolute atomic E-state index is 0. The van der Waals surface area contributed by atoms with Crippen LogP contribution in [0.3, 0.4) is 0 Å². The summed E-state index contributed by atoms with van der Waals surface area (Å²) in [5, 5.41) is 30.6. The summed E-state index contributed by atoms with van der Waals surface area (Å²) in [6.45, 7) is 0. The van der Waals surface area contributed by atoms with Crippen molar-refractivity contribution in [2.45, 2.75) is 0 Å². The van der Waals surface area contributed by atoms with E-state index in [2.05, 4.69) is 0 Å². The molecule has 7 nitrogen and oxygen atoms in total. The first-order chi connectivity index (χ1) is 3.46. The van der Waals surface area contributed by atoms with Gasteiger partial charge in [-0.25, -0.2) is 0 Å². The maximum absolute atomic E-state index is 8.44. The molecule has 0 aliphatic rings. The van der Waals surface area contributed by atoms with Gasteiger partial charge in [-0.1, -0.05) is 0 Å². The van der Waals surface area contributed by atoms with Crippen LogP contribution in [0.2, 0.25) is 0 Å². The molecule has 0 saturated heterocycles. The van der Waals surface area contributed by atoms with E-state index in [0.29, 0.717) is 0 Å². The molecule has 8 heteroatoms. The van der Waals surface area contributed by atoms with Crippen LogP contribution in [0, 0.1) is 0 Å².